The lowest BCUT2D eigenvalue weighted by atomic mass is 10.2. The molecule has 0 unspecified atom stereocenters. The molecule has 28 heavy (non-hydrogen) atoms. The van der Waals surface area contributed by atoms with Crippen LogP contribution in [0.3, 0.4) is 0 Å². The summed E-state index contributed by atoms with van der Waals surface area (Å²) in [5.74, 6) is -0.429. The summed E-state index contributed by atoms with van der Waals surface area (Å²) in [6, 6.07) is 12.0. The number of hydrogen-bond donors (Lipinski definition) is 1. The minimum Gasteiger partial charge on any atom is -0.332 e. The van der Waals surface area contributed by atoms with Crippen molar-refractivity contribution in [3.8, 4) is 0 Å². The van der Waals surface area contributed by atoms with E-state index in [1.54, 1.807) is 29.2 Å². The number of carbonyl (C=O) groups excluding carboxylic acids is 1. The third-order valence-electron chi connectivity index (χ3n) is 4.07. The van der Waals surface area contributed by atoms with Gasteiger partial charge in [0.15, 0.2) is 5.13 Å². The van der Waals surface area contributed by atoms with Gasteiger partial charge in [0.2, 0.25) is 0 Å². The highest BCUT2D eigenvalue weighted by Gasteiger charge is 2.27. The lowest BCUT2D eigenvalue weighted by Crippen LogP contribution is -2.27. The average molecular weight is 415 g/mol. The molecule has 2 aromatic carbocycles. The molecule has 1 saturated heterocycles. The first-order valence-electron chi connectivity index (χ1n) is 8.49. The van der Waals surface area contributed by atoms with Gasteiger partial charge in [-0.15, -0.1) is 23.1 Å². The fourth-order valence-corrected chi connectivity index (χ4v) is 4.43. The number of rotatable bonds is 4. The number of nitrogens with one attached hydrogen (secondary N) is 1. The molecule has 1 fully saturated rings. The number of thioether (sulfide) groups is 1. The summed E-state index contributed by atoms with van der Waals surface area (Å²) in [4.78, 5) is 18.8. The Morgan fingerprint density at radius 3 is 2.71 bits per heavy atom. The smallest absolute Gasteiger partial charge is 0.261 e. The van der Waals surface area contributed by atoms with E-state index in [1.165, 1.54) is 47.4 Å². The van der Waals surface area contributed by atoms with Gasteiger partial charge in [-0.25, -0.2) is 13.8 Å². The van der Waals surface area contributed by atoms with Crippen LogP contribution in [0, 0.1) is 11.6 Å². The van der Waals surface area contributed by atoms with Gasteiger partial charge in [0.1, 0.15) is 11.6 Å². The van der Waals surface area contributed by atoms with E-state index in [0.29, 0.717) is 17.4 Å². The van der Waals surface area contributed by atoms with Crippen molar-refractivity contribution in [2.75, 3.05) is 17.6 Å². The van der Waals surface area contributed by atoms with Gasteiger partial charge in [-0.2, -0.15) is 0 Å². The number of benzene rings is 2. The lowest BCUT2D eigenvalue weighted by molar-refractivity contribution is 0.0826. The van der Waals surface area contributed by atoms with Crippen LogP contribution in [0.4, 0.5) is 19.6 Å². The van der Waals surface area contributed by atoms with E-state index in [1.807, 2.05) is 11.5 Å². The second kappa shape index (κ2) is 8.12. The highest BCUT2D eigenvalue weighted by Crippen LogP contribution is 2.32. The number of anilines is 2. The molecule has 1 amide bonds. The number of amides is 1. The molecule has 0 bridgehead atoms. The molecule has 142 valence electrons. The Hall–Kier alpha value is -2.71. The SMILES string of the molecule is O=C(c1ccccc1F)N1CCS/C1=C/c1csc(Nc2ccc(F)cc2)n1. The molecular formula is C20H15F2N3OS2. The van der Waals surface area contributed by atoms with E-state index in [0.717, 1.165) is 16.5 Å². The van der Waals surface area contributed by atoms with Crippen molar-refractivity contribution in [1.29, 1.82) is 0 Å². The molecule has 2 heterocycles. The summed E-state index contributed by atoms with van der Waals surface area (Å²) in [6.45, 7) is 0.522. The van der Waals surface area contributed by atoms with Gasteiger partial charge in [-0.05, 0) is 42.5 Å². The van der Waals surface area contributed by atoms with Crippen LogP contribution in [0.5, 0.6) is 0 Å². The molecule has 0 atom stereocenters. The summed E-state index contributed by atoms with van der Waals surface area (Å²) >= 11 is 2.94. The van der Waals surface area contributed by atoms with Crippen LogP contribution < -0.4 is 5.32 Å². The fourth-order valence-electron chi connectivity index (χ4n) is 2.72. The lowest BCUT2D eigenvalue weighted by Gasteiger charge is -2.17. The van der Waals surface area contributed by atoms with Crippen LogP contribution >= 0.6 is 23.1 Å². The predicted octanol–water partition coefficient (Wildman–Crippen LogP) is 5.35. The quantitative estimate of drug-likeness (QED) is 0.624. The molecule has 1 N–H and O–H groups in total. The largest absolute Gasteiger partial charge is 0.332 e. The molecule has 0 aliphatic carbocycles. The molecule has 1 aromatic heterocycles. The third kappa shape index (κ3) is 4.07. The van der Waals surface area contributed by atoms with Crippen molar-refractivity contribution in [3.63, 3.8) is 0 Å². The number of nitrogens with zero attached hydrogens (tertiary/aromatic N) is 2. The molecule has 1 aliphatic heterocycles. The standard InChI is InChI=1S/C20H15F2N3OS2/c21-13-5-7-14(8-6-13)23-20-24-15(12-28-20)11-18-25(9-10-27-18)19(26)16-3-1-2-4-17(16)22/h1-8,11-12H,9-10H2,(H,23,24)/b18-11+. The van der Waals surface area contributed by atoms with Crippen molar-refractivity contribution < 1.29 is 13.6 Å². The van der Waals surface area contributed by atoms with Gasteiger partial charge in [-0.1, -0.05) is 12.1 Å². The van der Waals surface area contributed by atoms with E-state index in [9.17, 15) is 13.6 Å². The number of aromatic nitrogens is 1. The van der Waals surface area contributed by atoms with Crippen LogP contribution in [0.25, 0.3) is 6.08 Å². The molecule has 8 heteroatoms. The molecule has 0 radical (unpaired) electrons. The number of halogens is 2. The van der Waals surface area contributed by atoms with Crippen molar-refractivity contribution in [2.24, 2.45) is 0 Å². The van der Waals surface area contributed by atoms with E-state index in [4.69, 9.17) is 0 Å². The fraction of sp³-hybridized carbons (Fsp3) is 0.100. The zero-order valence-electron chi connectivity index (χ0n) is 14.6. The summed E-state index contributed by atoms with van der Waals surface area (Å²) < 4.78 is 27.0. The van der Waals surface area contributed by atoms with Gasteiger partial charge >= 0.3 is 0 Å². The van der Waals surface area contributed by atoms with Gasteiger partial charge in [0.25, 0.3) is 5.91 Å². The maximum absolute atomic E-state index is 14.0. The first-order chi connectivity index (χ1) is 13.6. The Kier molecular flexibility index (Phi) is 5.40. The Bertz CT molecular complexity index is 1030. The van der Waals surface area contributed by atoms with Gasteiger partial charge in [0, 0.05) is 23.4 Å². The Balaban J connectivity index is 1.52. The summed E-state index contributed by atoms with van der Waals surface area (Å²) in [5.41, 5.74) is 1.50. The van der Waals surface area contributed by atoms with Gasteiger partial charge in [0.05, 0.1) is 16.3 Å². The van der Waals surface area contributed by atoms with Crippen LogP contribution in [0.15, 0.2) is 58.9 Å². The summed E-state index contributed by atoms with van der Waals surface area (Å²) in [7, 11) is 0. The van der Waals surface area contributed by atoms with Crippen LogP contribution in [-0.2, 0) is 0 Å². The molecule has 4 rings (SSSR count). The first kappa shape index (κ1) is 18.6. The van der Waals surface area contributed by atoms with E-state index >= 15 is 0 Å². The van der Waals surface area contributed by atoms with Crippen molar-refractivity contribution in [1.82, 2.24) is 9.88 Å². The first-order valence-corrected chi connectivity index (χ1v) is 10.4. The molecule has 0 saturated carbocycles. The van der Waals surface area contributed by atoms with Crippen molar-refractivity contribution in [2.45, 2.75) is 0 Å². The summed E-state index contributed by atoms with van der Waals surface area (Å²) in [5, 5.41) is 6.39. The molecule has 0 spiro atoms. The van der Waals surface area contributed by atoms with Crippen molar-refractivity contribution in [3.05, 3.63) is 81.8 Å². The van der Waals surface area contributed by atoms with Crippen molar-refractivity contribution >= 4 is 45.9 Å². The van der Waals surface area contributed by atoms with E-state index < -0.39 is 5.82 Å². The Labute approximate surface area is 168 Å². The monoisotopic (exact) mass is 415 g/mol. The van der Waals surface area contributed by atoms with E-state index in [2.05, 4.69) is 10.3 Å². The Morgan fingerprint density at radius 1 is 1.14 bits per heavy atom. The number of carbonyl (C=O) groups is 1. The normalized spacial score (nSPS) is 15.2. The van der Waals surface area contributed by atoms with Gasteiger partial charge in [-0.3, -0.25) is 4.79 Å². The second-order valence-corrected chi connectivity index (χ2v) is 7.95. The highest BCUT2D eigenvalue weighted by molar-refractivity contribution is 8.03. The molecule has 4 nitrogen and oxygen atoms in total. The van der Waals surface area contributed by atoms with E-state index in [-0.39, 0.29) is 17.3 Å². The number of thiazole rings is 1. The zero-order chi connectivity index (χ0) is 19.5. The van der Waals surface area contributed by atoms with Crippen LogP contribution in [-0.4, -0.2) is 28.1 Å². The molecular weight excluding hydrogens is 400 g/mol. The minimum absolute atomic E-state index is 0.0628. The maximum atomic E-state index is 14.0. The summed E-state index contributed by atoms with van der Waals surface area (Å²) in [6.07, 6.45) is 1.82. The molecule has 3 aromatic rings. The predicted molar refractivity (Wildman–Crippen MR) is 110 cm³/mol. The van der Waals surface area contributed by atoms with Gasteiger partial charge < -0.3 is 10.2 Å². The molecule has 1 aliphatic rings. The van der Waals surface area contributed by atoms with Crippen LogP contribution in [0.1, 0.15) is 16.1 Å². The highest BCUT2D eigenvalue weighted by atomic mass is 32.2. The average Bonchev–Trinajstić information content (AvgIpc) is 3.33. The zero-order valence-corrected chi connectivity index (χ0v) is 16.2. The second-order valence-electron chi connectivity index (χ2n) is 5.98. The number of hydrogen-bond acceptors (Lipinski definition) is 5. The third-order valence-corrected chi connectivity index (χ3v) is 5.87. The van der Waals surface area contributed by atoms with Crippen LogP contribution in [0.2, 0.25) is 0 Å². The minimum atomic E-state index is -0.525. The topological polar surface area (TPSA) is 45.2 Å². The maximum Gasteiger partial charge on any atom is 0.261 e. The Morgan fingerprint density at radius 2 is 1.93 bits per heavy atom.